The Morgan fingerprint density at radius 2 is 1.38 bits per heavy atom. The van der Waals surface area contributed by atoms with Crippen LogP contribution in [0.15, 0.2) is 54.6 Å². The minimum Gasteiger partial charge on any atom is -0.490 e. The molecule has 5 heteroatoms. The second-order valence-corrected chi connectivity index (χ2v) is 5.20. The Bertz CT molecular complexity index is 599. The monoisotopic (exact) mass is 479 g/mol. The maximum atomic E-state index is 12.1. The van der Waals surface area contributed by atoms with Gasteiger partial charge in [0.25, 0.3) is 5.91 Å². The zero-order valence-electron chi connectivity index (χ0n) is 19.7. The summed E-state index contributed by atoms with van der Waals surface area (Å²) < 4.78 is 5.47. The van der Waals surface area contributed by atoms with E-state index in [4.69, 9.17) is 4.74 Å². The third-order valence-corrected chi connectivity index (χ3v) is 3.06. The summed E-state index contributed by atoms with van der Waals surface area (Å²) in [6.07, 6.45) is 0. The second-order valence-electron chi connectivity index (χ2n) is 5.20. The minimum absolute atomic E-state index is 0. The van der Waals surface area contributed by atoms with E-state index >= 15 is 0 Å². The summed E-state index contributed by atoms with van der Waals surface area (Å²) in [5.74, 6) is 0.120. The van der Waals surface area contributed by atoms with Gasteiger partial charge in [-0.1, -0.05) is 77.4 Å². The molecule has 4 nitrogen and oxygen atoms in total. The number of hydrogen-bond donors (Lipinski definition) is 2. The van der Waals surface area contributed by atoms with E-state index in [2.05, 4.69) is 5.32 Å². The van der Waals surface area contributed by atoms with E-state index in [0.29, 0.717) is 11.4 Å². The molecule has 0 saturated heterocycles. The first-order valence-electron chi connectivity index (χ1n) is 9.76. The number of ether oxygens (including phenoxy) is 1. The van der Waals surface area contributed by atoms with Crippen molar-refractivity contribution in [2.45, 2.75) is 61.0 Å². The maximum absolute atomic E-state index is 12.1. The van der Waals surface area contributed by atoms with Crippen molar-refractivity contribution in [1.82, 2.24) is 0 Å². The van der Waals surface area contributed by atoms with Crippen LogP contribution in [0.4, 0.5) is 5.69 Å². The van der Waals surface area contributed by atoms with Crippen molar-refractivity contribution in [1.29, 1.82) is 0 Å². The second kappa shape index (κ2) is 21.5. The summed E-state index contributed by atoms with van der Waals surface area (Å²) in [4.78, 5) is 12.1. The molecule has 163 valence electrons. The van der Waals surface area contributed by atoms with E-state index in [1.807, 2.05) is 78.8 Å². The van der Waals surface area contributed by atoms with Crippen molar-refractivity contribution in [3.63, 3.8) is 0 Å². The SMILES string of the molecule is CC.CC.CC.Cc1ccc(OC[C@@](C)(O)C(=O)Nc2ccccc2)cc1.[CH3-].[Y]. The van der Waals surface area contributed by atoms with Crippen LogP contribution in [-0.2, 0) is 37.5 Å². The Labute approximate surface area is 204 Å². The summed E-state index contributed by atoms with van der Waals surface area (Å²) in [5, 5.41) is 12.9. The third-order valence-electron chi connectivity index (χ3n) is 3.06. The van der Waals surface area contributed by atoms with Crippen LogP contribution in [0.5, 0.6) is 5.75 Å². The van der Waals surface area contributed by atoms with Crippen LogP contribution in [0.25, 0.3) is 0 Å². The number of benzene rings is 2. The number of anilines is 1. The summed E-state index contributed by atoms with van der Waals surface area (Å²) in [6.45, 7) is 15.3. The predicted octanol–water partition coefficient (Wildman–Crippen LogP) is 6.29. The molecule has 0 aliphatic carbocycles. The van der Waals surface area contributed by atoms with Gasteiger partial charge in [-0.3, -0.25) is 4.79 Å². The normalized spacial score (nSPS) is 10.2. The fraction of sp³-hybridized carbons (Fsp3) is 0.417. The van der Waals surface area contributed by atoms with E-state index in [-0.39, 0.29) is 46.7 Å². The quantitative estimate of drug-likeness (QED) is 0.496. The van der Waals surface area contributed by atoms with Crippen LogP contribution in [0.3, 0.4) is 0 Å². The van der Waals surface area contributed by atoms with Gasteiger partial charge < -0.3 is 22.6 Å². The van der Waals surface area contributed by atoms with Crippen LogP contribution in [-0.4, -0.2) is 23.2 Å². The van der Waals surface area contributed by atoms with Gasteiger partial charge in [-0.25, -0.2) is 0 Å². The Balaban J connectivity index is -0.000000358. The molecule has 0 aromatic heterocycles. The molecule has 0 heterocycles. The van der Waals surface area contributed by atoms with Gasteiger partial charge >= 0.3 is 0 Å². The number of aryl methyl sites for hydroxylation is 1. The number of amides is 1. The van der Waals surface area contributed by atoms with Crippen LogP contribution >= 0.6 is 0 Å². The molecular weight excluding hydrogens is 439 g/mol. The average molecular weight is 479 g/mol. The van der Waals surface area contributed by atoms with E-state index in [0.717, 1.165) is 5.56 Å². The summed E-state index contributed by atoms with van der Waals surface area (Å²) in [5.41, 5.74) is 0.148. The van der Waals surface area contributed by atoms with Crippen LogP contribution in [0.1, 0.15) is 54.0 Å². The van der Waals surface area contributed by atoms with E-state index in [9.17, 15) is 9.90 Å². The molecule has 2 aromatic rings. The first-order chi connectivity index (χ1) is 13.0. The Morgan fingerprint density at radius 1 is 0.931 bits per heavy atom. The molecule has 29 heavy (non-hydrogen) atoms. The Morgan fingerprint density at radius 3 is 1.83 bits per heavy atom. The fourth-order valence-electron chi connectivity index (χ4n) is 1.71. The molecule has 1 radical (unpaired) electrons. The maximum Gasteiger partial charge on any atom is 0.259 e. The summed E-state index contributed by atoms with van der Waals surface area (Å²) in [7, 11) is 0. The van der Waals surface area contributed by atoms with Gasteiger partial charge in [0.2, 0.25) is 0 Å². The van der Waals surface area contributed by atoms with Crippen molar-refractivity contribution in [3.05, 3.63) is 67.6 Å². The zero-order chi connectivity index (χ0) is 21.3. The zero-order valence-corrected chi connectivity index (χ0v) is 22.6. The van der Waals surface area contributed by atoms with E-state index < -0.39 is 11.5 Å². The molecule has 0 bridgehead atoms. The Kier molecular flexibility index (Phi) is 26.1. The molecule has 1 atom stereocenters. The number of carbonyl (C=O) groups is 1. The molecule has 2 aromatic carbocycles. The van der Waals surface area contributed by atoms with Gasteiger partial charge in [0, 0.05) is 38.4 Å². The van der Waals surface area contributed by atoms with Gasteiger partial charge in [0.1, 0.15) is 12.4 Å². The number of nitrogens with one attached hydrogen (secondary N) is 1. The molecule has 2 rings (SSSR count). The molecule has 2 N–H and O–H groups in total. The van der Waals surface area contributed by atoms with Gasteiger partial charge in [-0.15, -0.1) is 0 Å². The first kappa shape index (κ1) is 35.2. The van der Waals surface area contributed by atoms with Gasteiger partial charge in [0.15, 0.2) is 5.60 Å². The number of para-hydroxylation sites is 1. The van der Waals surface area contributed by atoms with E-state index in [1.165, 1.54) is 6.92 Å². The number of aliphatic hydroxyl groups is 1. The molecule has 0 fully saturated rings. The molecule has 0 aliphatic heterocycles. The fourth-order valence-corrected chi connectivity index (χ4v) is 1.71. The van der Waals surface area contributed by atoms with Crippen LogP contribution < -0.4 is 10.1 Å². The minimum atomic E-state index is -1.61. The number of carbonyl (C=O) groups excluding carboxylic acids is 1. The molecule has 1 amide bonds. The van der Waals surface area contributed by atoms with Gasteiger partial charge in [0.05, 0.1) is 0 Å². The topological polar surface area (TPSA) is 58.6 Å². The van der Waals surface area contributed by atoms with Crippen LogP contribution in [0.2, 0.25) is 0 Å². The standard InChI is InChI=1S/C17H19NO3.3C2H6.CH3.Y/c1-13-8-10-15(11-9-13)21-12-17(2,20)16(19)18-14-6-4-3-5-7-14;3*1-2;;/h3-11,20H,12H2,1-2H3,(H,18,19);3*1-2H3;1H3;/q;;;;-1;/t17-;;;;;/m1...../s1. The molecule has 0 aliphatic rings. The molecule has 0 unspecified atom stereocenters. The van der Waals surface area contributed by atoms with Crippen molar-refractivity contribution in [2.24, 2.45) is 0 Å². The Hall–Kier alpha value is -1.23. The average Bonchev–Trinajstić information content (AvgIpc) is 2.73. The predicted molar refractivity (Wildman–Crippen MR) is 123 cm³/mol. The van der Waals surface area contributed by atoms with Crippen LogP contribution in [0, 0.1) is 14.4 Å². The molecular formula is C24H40NO3Y-. The van der Waals surface area contributed by atoms with Crippen molar-refractivity contribution >= 4 is 11.6 Å². The van der Waals surface area contributed by atoms with Crippen molar-refractivity contribution in [2.75, 3.05) is 11.9 Å². The number of rotatable bonds is 5. The first-order valence-corrected chi connectivity index (χ1v) is 9.76. The molecule has 0 saturated carbocycles. The largest absolute Gasteiger partial charge is 0.490 e. The van der Waals surface area contributed by atoms with Crippen molar-refractivity contribution in [3.8, 4) is 5.75 Å². The summed E-state index contributed by atoms with van der Waals surface area (Å²) in [6, 6.07) is 16.4. The molecule has 0 spiro atoms. The van der Waals surface area contributed by atoms with E-state index in [1.54, 1.807) is 24.3 Å². The van der Waals surface area contributed by atoms with Crippen molar-refractivity contribution < 1.29 is 47.3 Å². The van der Waals surface area contributed by atoms with Gasteiger partial charge in [-0.05, 0) is 38.1 Å². The number of hydrogen-bond acceptors (Lipinski definition) is 3. The third kappa shape index (κ3) is 15.3. The van der Waals surface area contributed by atoms with Gasteiger partial charge in [-0.2, -0.15) is 0 Å². The summed E-state index contributed by atoms with van der Waals surface area (Å²) >= 11 is 0. The smallest absolute Gasteiger partial charge is 0.259 e.